The summed E-state index contributed by atoms with van der Waals surface area (Å²) in [7, 11) is 2.24. The maximum atomic E-state index is 4.32. The molecule has 1 N–H and O–H groups in total. The van der Waals surface area contributed by atoms with Gasteiger partial charge >= 0.3 is 0 Å². The van der Waals surface area contributed by atoms with Crippen molar-refractivity contribution in [3.63, 3.8) is 0 Å². The van der Waals surface area contributed by atoms with E-state index in [1.165, 1.54) is 42.5 Å². The number of benzene rings is 1. The van der Waals surface area contributed by atoms with Gasteiger partial charge in [0.1, 0.15) is 0 Å². The predicted octanol–water partition coefficient (Wildman–Crippen LogP) is 2.83. The molecule has 1 aliphatic heterocycles. The highest BCUT2D eigenvalue weighted by Crippen LogP contribution is 2.35. The molecule has 3 heteroatoms. The number of pyridine rings is 1. The van der Waals surface area contributed by atoms with Crippen LogP contribution >= 0.6 is 0 Å². The zero-order valence-corrected chi connectivity index (χ0v) is 13.8. The van der Waals surface area contributed by atoms with Crippen molar-refractivity contribution in [1.82, 2.24) is 15.2 Å². The third-order valence-corrected chi connectivity index (χ3v) is 5.52. The quantitative estimate of drug-likeness (QED) is 0.941. The Bertz CT molecular complexity index is 630. The fourth-order valence-corrected chi connectivity index (χ4v) is 4.34. The van der Waals surface area contributed by atoms with Crippen LogP contribution in [-0.2, 0) is 12.8 Å². The lowest BCUT2D eigenvalue weighted by atomic mass is 9.94. The summed E-state index contributed by atoms with van der Waals surface area (Å²) in [5, 5.41) is 3.84. The van der Waals surface area contributed by atoms with Crippen molar-refractivity contribution in [2.45, 2.75) is 31.3 Å². The van der Waals surface area contributed by atoms with E-state index in [0.717, 1.165) is 6.54 Å². The monoisotopic (exact) mass is 307 g/mol. The van der Waals surface area contributed by atoms with Crippen LogP contribution in [0.5, 0.6) is 0 Å². The van der Waals surface area contributed by atoms with Crippen LogP contribution in [0.25, 0.3) is 0 Å². The third kappa shape index (κ3) is 3.04. The van der Waals surface area contributed by atoms with E-state index in [2.05, 4.69) is 58.6 Å². The van der Waals surface area contributed by atoms with Crippen LogP contribution in [0.3, 0.4) is 0 Å². The van der Waals surface area contributed by atoms with E-state index in [1.54, 1.807) is 0 Å². The molecule has 2 heterocycles. The summed E-state index contributed by atoms with van der Waals surface area (Å²) in [6.07, 6.45) is 7.52. The van der Waals surface area contributed by atoms with Crippen LogP contribution in [-0.4, -0.2) is 36.1 Å². The Balaban J connectivity index is 1.39. The molecular formula is C20H25N3. The van der Waals surface area contributed by atoms with Gasteiger partial charge in [-0.05, 0) is 61.5 Å². The first kappa shape index (κ1) is 14.9. The van der Waals surface area contributed by atoms with Gasteiger partial charge in [0.25, 0.3) is 0 Å². The zero-order chi connectivity index (χ0) is 15.6. The normalized spacial score (nSPS) is 24.9. The van der Waals surface area contributed by atoms with Gasteiger partial charge in [0, 0.05) is 31.0 Å². The lowest BCUT2D eigenvalue weighted by Crippen LogP contribution is -2.35. The van der Waals surface area contributed by atoms with E-state index >= 15 is 0 Å². The van der Waals surface area contributed by atoms with Crippen LogP contribution in [0, 0.1) is 5.92 Å². The maximum absolute atomic E-state index is 4.32. The van der Waals surface area contributed by atoms with Crippen LogP contribution in [0.4, 0.5) is 0 Å². The van der Waals surface area contributed by atoms with Crippen molar-refractivity contribution < 1.29 is 0 Å². The van der Waals surface area contributed by atoms with Crippen LogP contribution < -0.4 is 5.32 Å². The van der Waals surface area contributed by atoms with Gasteiger partial charge in [0.15, 0.2) is 0 Å². The second kappa shape index (κ2) is 6.42. The number of aromatic nitrogens is 1. The number of hydrogen-bond donors (Lipinski definition) is 1. The molecule has 1 aromatic heterocycles. The molecule has 2 aliphatic rings. The van der Waals surface area contributed by atoms with Crippen molar-refractivity contribution in [2.75, 3.05) is 20.1 Å². The Morgan fingerprint density at radius 2 is 1.91 bits per heavy atom. The molecule has 120 valence electrons. The second-order valence-electron chi connectivity index (χ2n) is 7.04. The number of nitrogens with one attached hydrogen (secondary N) is 1. The third-order valence-electron chi connectivity index (χ3n) is 5.52. The zero-order valence-electron chi connectivity index (χ0n) is 13.8. The first-order valence-corrected chi connectivity index (χ1v) is 8.71. The molecule has 0 bridgehead atoms. The minimum atomic E-state index is 0.500. The Hall–Kier alpha value is -1.71. The topological polar surface area (TPSA) is 28.2 Å². The van der Waals surface area contributed by atoms with Gasteiger partial charge in [-0.15, -0.1) is 0 Å². The molecule has 4 rings (SSSR count). The fourth-order valence-electron chi connectivity index (χ4n) is 4.34. The lowest BCUT2D eigenvalue weighted by Gasteiger charge is -2.26. The Morgan fingerprint density at radius 1 is 1.13 bits per heavy atom. The van der Waals surface area contributed by atoms with Crippen molar-refractivity contribution in [1.29, 1.82) is 0 Å². The van der Waals surface area contributed by atoms with Gasteiger partial charge in [-0.25, -0.2) is 0 Å². The highest BCUT2D eigenvalue weighted by atomic mass is 15.2. The van der Waals surface area contributed by atoms with E-state index in [-0.39, 0.29) is 0 Å². The minimum Gasteiger partial charge on any atom is -0.313 e. The number of hydrogen-bond acceptors (Lipinski definition) is 3. The van der Waals surface area contributed by atoms with Crippen molar-refractivity contribution in [2.24, 2.45) is 5.92 Å². The molecular weight excluding hydrogens is 282 g/mol. The molecule has 0 saturated carbocycles. The van der Waals surface area contributed by atoms with E-state index in [1.807, 2.05) is 12.4 Å². The molecule has 0 amide bonds. The van der Waals surface area contributed by atoms with Gasteiger partial charge in [0.05, 0.1) is 0 Å². The van der Waals surface area contributed by atoms with Crippen molar-refractivity contribution in [3.8, 4) is 0 Å². The highest BCUT2D eigenvalue weighted by molar-refractivity contribution is 5.33. The first-order chi connectivity index (χ1) is 11.3. The van der Waals surface area contributed by atoms with E-state index in [0.29, 0.717) is 18.0 Å². The molecule has 1 aliphatic carbocycles. The summed E-state index contributed by atoms with van der Waals surface area (Å²) < 4.78 is 0. The molecule has 1 fully saturated rings. The van der Waals surface area contributed by atoms with Gasteiger partial charge in [-0.2, -0.15) is 0 Å². The van der Waals surface area contributed by atoms with Crippen LogP contribution in [0.2, 0.25) is 0 Å². The Morgan fingerprint density at radius 3 is 2.61 bits per heavy atom. The number of nitrogens with zero attached hydrogens (tertiary/aromatic N) is 2. The van der Waals surface area contributed by atoms with E-state index < -0.39 is 0 Å². The summed E-state index contributed by atoms with van der Waals surface area (Å²) in [6, 6.07) is 14.2. The highest BCUT2D eigenvalue weighted by Gasteiger charge is 2.33. The molecule has 2 atom stereocenters. The average Bonchev–Trinajstić information content (AvgIpc) is 3.16. The Kier molecular flexibility index (Phi) is 4.15. The molecule has 3 nitrogen and oxygen atoms in total. The number of likely N-dealkylation sites (tertiary alicyclic amines) is 1. The molecule has 1 aromatic carbocycles. The fraction of sp³-hybridized carbons (Fsp3) is 0.450. The average molecular weight is 307 g/mol. The molecule has 0 spiro atoms. The Labute approximate surface area is 138 Å². The van der Waals surface area contributed by atoms with Crippen molar-refractivity contribution in [3.05, 3.63) is 65.5 Å². The first-order valence-electron chi connectivity index (χ1n) is 8.71. The van der Waals surface area contributed by atoms with E-state index in [9.17, 15) is 0 Å². The summed E-state index contributed by atoms with van der Waals surface area (Å²) in [4.78, 5) is 6.79. The van der Waals surface area contributed by atoms with Crippen molar-refractivity contribution >= 4 is 0 Å². The predicted molar refractivity (Wildman–Crippen MR) is 93.4 cm³/mol. The number of fused-ring (bicyclic) bond motifs is 1. The minimum absolute atomic E-state index is 0.500. The second-order valence-corrected chi connectivity index (χ2v) is 7.04. The molecule has 23 heavy (non-hydrogen) atoms. The molecule has 1 saturated heterocycles. The molecule has 0 unspecified atom stereocenters. The largest absolute Gasteiger partial charge is 0.313 e. The standard InChI is InChI=1S/C20H25N3/c1-23-10-8-18(20(23)17-7-4-9-21-13-17)14-22-19-11-15-5-2-3-6-16(15)12-19/h2-7,9,13,18-20,22H,8,10-12,14H2,1H3/t18-,20-/m0/s1. The lowest BCUT2D eigenvalue weighted by molar-refractivity contribution is 0.267. The number of rotatable bonds is 4. The van der Waals surface area contributed by atoms with Gasteiger partial charge < -0.3 is 5.32 Å². The van der Waals surface area contributed by atoms with Gasteiger partial charge in [0.2, 0.25) is 0 Å². The smallest absolute Gasteiger partial charge is 0.0401 e. The van der Waals surface area contributed by atoms with E-state index in [4.69, 9.17) is 0 Å². The van der Waals surface area contributed by atoms with Gasteiger partial charge in [-0.1, -0.05) is 30.3 Å². The molecule has 0 radical (unpaired) electrons. The SMILES string of the molecule is CN1CC[C@@H](CNC2Cc3ccccc3C2)[C@@H]1c1cccnc1. The summed E-state index contributed by atoms with van der Waals surface area (Å²) in [6.45, 7) is 2.28. The summed E-state index contributed by atoms with van der Waals surface area (Å²) in [5.41, 5.74) is 4.41. The van der Waals surface area contributed by atoms with Gasteiger partial charge in [-0.3, -0.25) is 9.88 Å². The van der Waals surface area contributed by atoms with Crippen LogP contribution in [0.1, 0.15) is 29.2 Å². The van der Waals surface area contributed by atoms with Crippen LogP contribution in [0.15, 0.2) is 48.8 Å². The summed E-state index contributed by atoms with van der Waals surface area (Å²) in [5.74, 6) is 0.674. The summed E-state index contributed by atoms with van der Waals surface area (Å²) >= 11 is 0. The maximum Gasteiger partial charge on any atom is 0.0401 e. The molecule has 2 aromatic rings.